The van der Waals surface area contributed by atoms with Crippen molar-refractivity contribution >= 4 is 17.7 Å². The fourth-order valence-corrected chi connectivity index (χ4v) is 4.44. The number of ether oxygens (including phenoxy) is 1. The van der Waals surface area contributed by atoms with Crippen LogP contribution >= 0.6 is 11.8 Å². The molecule has 2 aliphatic rings. The highest BCUT2D eigenvalue weighted by Crippen LogP contribution is 2.17. The van der Waals surface area contributed by atoms with E-state index in [1.54, 1.807) is 0 Å². The fraction of sp³-hybridized carbons (Fsp3) is 0.650. The van der Waals surface area contributed by atoms with Gasteiger partial charge in [-0.05, 0) is 18.9 Å². The standard InChI is InChI=1S/C20H32N4OS/c1-17-3-5-18(6-4-17)16-26-14-8-22-20(21-2)24-9-7-19(15-24)23-10-12-25-13-11-23/h3-6,19H,7-16H2,1-2H3,(H,21,22). The van der Waals surface area contributed by atoms with E-state index in [1.807, 2.05) is 18.8 Å². The molecule has 2 heterocycles. The van der Waals surface area contributed by atoms with Crippen molar-refractivity contribution in [3.8, 4) is 0 Å². The number of benzene rings is 1. The number of rotatable bonds is 6. The normalized spacial score (nSPS) is 22.0. The smallest absolute Gasteiger partial charge is 0.193 e. The van der Waals surface area contributed by atoms with Crippen LogP contribution in [0.5, 0.6) is 0 Å². The minimum absolute atomic E-state index is 0.647. The summed E-state index contributed by atoms with van der Waals surface area (Å²) in [6, 6.07) is 9.48. The van der Waals surface area contributed by atoms with Gasteiger partial charge in [0.05, 0.1) is 13.2 Å². The fourth-order valence-electron chi connectivity index (χ4n) is 3.62. The van der Waals surface area contributed by atoms with Crippen LogP contribution in [0.4, 0.5) is 0 Å². The van der Waals surface area contributed by atoms with Crippen LogP contribution < -0.4 is 5.32 Å². The molecule has 1 atom stereocenters. The first-order valence-electron chi connectivity index (χ1n) is 9.67. The van der Waals surface area contributed by atoms with Gasteiger partial charge >= 0.3 is 0 Å². The number of likely N-dealkylation sites (tertiary alicyclic amines) is 1. The first kappa shape index (κ1) is 19.5. The van der Waals surface area contributed by atoms with E-state index in [0.29, 0.717) is 6.04 Å². The molecular formula is C20H32N4OS. The van der Waals surface area contributed by atoms with Crippen LogP contribution in [0, 0.1) is 6.92 Å². The highest BCUT2D eigenvalue weighted by Gasteiger charge is 2.30. The van der Waals surface area contributed by atoms with Gasteiger partial charge in [0.2, 0.25) is 0 Å². The van der Waals surface area contributed by atoms with E-state index in [4.69, 9.17) is 4.74 Å². The van der Waals surface area contributed by atoms with Crippen molar-refractivity contribution in [1.82, 2.24) is 15.1 Å². The van der Waals surface area contributed by atoms with Gasteiger partial charge in [-0.15, -0.1) is 0 Å². The summed E-state index contributed by atoms with van der Waals surface area (Å²) in [7, 11) is 1.89. The quantitative estimate of drug-likeness (QED) is 0.468. The number of nitrogens with zero attached hydrogens (tertiary/aromatic N) is 3. The third kappa shape index (κ3) is 5.63. The third-order valence-electron chi connectivity index (χ3n) is 5.16. The van der Waals surface area contributed by atoms with E-state index in [-0.39, 0.29) is 0 Å². The van der Waals surface area contributed by atoms with Crippen molar-refractivity contribution in [2.45, 2.75) is 25.1 Å². The van der Waals surface area contributed by atoms with Gasteiger partial charge in [-0.3, -0.25) is 9.89 Å². The molecule has 1 N–H and O–H groups in total. The minimum Gasteiger partial charge on any atom is -0.379 e. The second kappa shape index (κ2) is 10.2. The molecule has 0 bridgehead atoms. The Bertz CT molecular complexity index is 572. The number of hydrogen-bond acceptors (Lipinski definition) is 4. The average molecular weight is 377 g/mol. The lowest BCUT2D eigenvalue weighted by molar-refractivity contribution is 0.0195. The zero-order chi connectivity index (χ0) is 18.2. The molecule has 0 saturated carbocycles. The van der Waals surface area contributed by atoms with Gasteiger partial charge in [0.15, 0.2) is 5.96 Å². The molecule has 0 aromatic heterocycles. The summed E-state index contributed by atoms with van der Waals surface area (Å²) >= 11 is 1.97. The van der Waals surface area contributed by atoms with Crippen LogP contribution in [0.2, 0.25) is 0 Å². The van der Waals surface area contributed by atoms with Gasteiger partial charge in [-0.2, -0.15) is 11.8 Å². The highest BCUT2D eigenvalue weighted by molar-refractivity contribution is 7.98. The second-order valence-electron chi connectivity index (χ2n) is 7.05. The summed E-state index contributed by atoms with van der Waals surface area (Å²) in [5.74, 6) is 3.22. The molecule has 144 valence electrons. The molecular weight excluding hydrogens is 344 g/mol. The molecule has 0 aliphatic carbocycles. The number of thioether (sulfide) groups is 1. The Hall–Kier alpha value is -1.24. The molecule has 5 nitrogen and oxygen atoms in total. The minimum atomic E-state index is 0.647. The summed E-state index contributed by atoms with van der Waals surface area (Å²) in [6.45, 7) is 9.16. The zero-order valence-electron chi connectivity index (χ0n) is 16.1. The Labute approximate surface area is 162 Å². The van der Waals surface area contributed by atoms with Crippen molar-refractivity contribution < 1.29 is 4.74 Å². The first-order chi connectivity index (χ1) is 12.8. The van der Waals surface area contributed by atoms with Gasteiger partial charge in [-0.25, -0.2) is 0 Å². The van der Waals surface area contributed by atoms with E-state index in [0.717, 1.165) is 63.4 Å². The van der Waals surface area contributed by atoms with E-state index in [1.165, 1.54) is 17.5 Å². The van der Waals surface area contributed by atoms with Gasteiger partial charge in [0.1, 0.15) is 0 Å². The summed E-state index contributed by atoms with van der Waals surface area (Å²) in [6.07, 6.45) is 1.23. The molecule has 0 amide bonds. The number of aryl methyl sites for hydroxylation is 1. The summed E-state index contributed by atoms with van der Waals surface area (Å²) in [5.41, 5.74) is 2.73. The van der Waals surface area contributed by atoms with Gasteiger partial charge < -0.3 is 15.0 Å². The lowest BCUT2D eigenvalue weighted by Gasteiger charge is -2.32. The van der Waals surface area contributed by atoms with Crippen LogP contribution in [0.3, 0.4) is 0 Å². The SMILES string of the molecule is CN=C(NCCSCc1ccc(C)cc1)N1CCC(N2CCOCC2)C1. The Kier molecular flexibility index (Phi) is 7.65. The number of nitrogens with one attached hydrogen (secondary N) is 1. The predicted octanol–water partition coefficient (Wildman–Crippen LogP) is 2.21. The molecule has 1 aromatic rings. The Morgan fingerprint density at radius 1 is 1.23 bits per heavy atom. The number of aliphatic imine (C=N–C) groups is 1. The predicted molar refractivity (Wildman–Crippen MR) is 111 cm³/mol. The molecule has 26 heavy (non-hydrogen) atoms. The molecule has 3 rings (SSSR count). The maximum absolute atomic E-state index is 5.47. The van der Waals surface area contributed by atoms with Gasteiger partial charge in [0.25, 0.3) is 0 Å². The number of hydrogen-bond donors (Lipinski definition) is 1. The Morgan fingerprint density at radius 2 is 2.00 bits per heavy atom. The van der Waals surface area contributed by atoms with E-state index >= 15 is 0 Å². The maximum atomic E-state index is 5.47. The van der Waals surface area contributed by atoms with Crippen molar-refractivity contribution in [1.29, 1.82) is 0 Å². The molecule has 2 saturated heterocycles. The van der Waals surface area contributed by atoms with E-state index < -0.39 is 0 Å². The molecule has 0 spiro atoms. The van der Waals surface area contributed by atoms with Crippen molar-refractivity contribution in [2.24, 2.45) is 4.99 Å². The molecule has 6 heteroatoms. The van der Waals surface area contributed by atoms with Gasteiger partial charge in [-0.1, -0.05) is 29.8 Å². The molecule has 2 aliphatic heterocycles. The van der Waals surface area contributed by atoms with Crippen molar-refractivity contribution in [3.05, 3.63) is 35.4 Å². The number of guanidine groups is 1. The zero-order valence-corrected chi connectivity index (χ0v) is 16.9. The first-order valence-corrected chi connectivity index (χ1v) is 10.8. The Balaban J connectivity index is 1.35. The monoisotopic (exact) mass is 376 g/mol. The third-order valence-corrected chi connectivity index (χ3v) is 6.19. The maximum Gasteiger partial charge on any atom is 0.193 e. The lowest BCUT2D eigenvalue weighted by atomic mass is 10.2. The van der Waals surface area contributed by atoms with Crippen LogP contribution in [0.15, 0.2) is 29.3 Å². The largest absolute Gasteiger partial charge is 0.379 e. The average Bonchev–Trinajstić information content (AvgIpc) is 3.17. The molecule has 1 aromatic carbocycles. The summed E-state index contributed by atoms with van der Waals surface area (Å²) in [4.78, 5) is 9.48. The summed E-state index contributed by atoms with van der Waals surface area (Å²) in [5, 5.41) is 3.54. The number of morpholine rings is 1. The lowest BCUT2D eigenvalue weighted by Crippen LogP contribution is -2.47. The summed E-state index contributed by atoms with van der Waals surface area (Å²) < 4.78 is 5.47. The topological polar surface area (TPSA) is 40.1 Å². The Morgan fingerprint density at radius 3 is 2.73 bits per heavy atom. The van der Waals surface area contributed by atoms with Crippen LogP contribution in [-0.2, 0) is 10.5 Å². The van der Waals surface area contributed by atoms with Crippen LogP contribution in [0.1, 0.15) is 17.5 Å². The van der Waals surface area contributed by atoms with E-state index in [2.05, 4.69) is 51.3 Å². The van der Waals surface area contributed by atoms with E-state index in [9.17, 15) is 0 Å². The molecule has 0 radical (unpaired) electrons. The molecule has 1 unspecified atom stereocenters. The van der Waals surface area contributed by atoms with Crippen molar-refractivity contribution in [3.63, 3.8) is 0 Å². The van der Waals surface area contributed by atoms with Gasteiger partial charge in [0, 0.05) is 57.3 Å². The van der Waals surface area contributed by atoms with Crippen LogP contribution in [-0.4, -0.2) is 80.5 Å². The van der Waals surface area contributed by atoms with Crippen LogP contribution in [0.25, 0.3) is 0 Å². The molecule has 2 fully saturated rings. The highest BCUT2D eigenvalue weighted by atomic mass is 32.2. The van der Waals surface area contributed by atoms with Crippen molar-refractivity contribution in [2.75, 3.05) is 58.7 Å². The second-order valence-corrected chi connectivity index (χ2v) is 8.15.